The molecular weight excluding hydrogens is 239 g/mol. The van der Waals surface area contributed by atoms with E-state index >= 15 is 0 Å². The molecule has 0 bridgehead atoms. The molecule has 0 radical (unpaired) electrons. The molecule has 19 heavy (non-hydrogen) atoms. The number of hydrogen-bond donors (Lipinski definition) is 1. The average molecular weight is 264 g/mol. The van der Waals surface area contributed by atoms with Crippen LogP contribution in [0.3, 0.4) is 0 Å². The fourth-order valence-corrected chi connectivity index (χ4v) is 3.03. The van der Waals surface area contributed by atoms with Crippen LogP contribution in [0.4, 0.5) is 10.1 Å². The maximum absolute atomic E-state index is 14.2. The molecule has 1 aliphatic heterocycles. The fraction of sp³-hybridized carbons (Fsp3) is 0.625. The van der Waals surface area contributed by atoms with Crippen molar-refractivity contribution in [1.82, 2.24) is 0 Å². The van der Waals surface area contributed by atoms with Crippen LogP contribution in [0, 0.1) is 11.7 Å². The number of para-hydroxylation sites is 1. The second-order valence-corrected chi connectivity index (χ2v) is 5.66. The number of nitrogens with two attached hydrogens (primary N) is 1. The van der Waals surface area contributed by atoms with Gasteiger partial charge in [-0.3, -0.25) is 0 Å². The van der Waals surface area contributed by atoms with Crippen LogP contribution in [0.1, 0.15) is 51.1 Å². The molecule has 0 saturated carbocycles. The molecule has 3 heteroatoms. The lowest BCUT2D eigenvalue weighted by Crippen LogP contribution is -2.27. The van der Waals surface area contributed by atoms with Crippen LogP contribution >= 0.6 is 0 Å². The molecule has 0 spiro atoms. The van der Waals surface area contributed by atoms with E-state index in [9.17, 15) is 4.39 Å². The Morgan fingerprint density at radius 3 is 2.84 bits per heavy atom. The minimum absolute atomic E-state index is 0.129. The molecule has 1 aliphatic rings. The molecule has 1 saturated heterocycles. The van der Waals surface area contributed by atoms with Crippen LogP contribution in [0.25, 0.3) is 0 Å². The fourth-order valence-electron chi connectivity index (χ4n) is 3.03. The minimum Gasteiger partial charge on any atom is -0.369 e. The number of rotatable bonds is 3. The topological polar surface area (TPSA) is 29.3 Å². The molecule has 0 aliphatic carbocycles. The molecular formula is C16H25FN2. The Labute approximate surface area is 115 Å². The van der Waals surface area contributed by atoms with Gasteiger partial charge in [0.05, 0.1) is 5.69 Å². The highest BCUT2D eigenvalue weighted by Crippen LogP contribution is 2.31. The second kappa shape index (κ2) is 6.38. The van der Waals surface area contributed by atoms with Gasteiger partial charge in [0.1, 0.15) is 5.82 Å². The normalized spacial score (nSPS) is 22.1. The third-order valence-electron chi connectivity index (χ3n) is 4.25. The second-order valence-electron chi connectivity index (χ2n) is 5.66. The molecule has 1 aromatic rings. The molecule has 0 amide bonds. The first-order valence-electron chi connectivity index (χ1n) is 7.42. The number of hydrogen-bond acceptors (Lipinski definition) is 2. The van der Waals surface area contributed by atoms with Gasteiger partial charge in [0.15, 0.2) is 0 Å². The van der Waals surface area contributed by atoms with E-state index in [0.29, 0.717) is 0 Å². The smallest absolute Gasteiger partial charge is 0.146 e. The molecule has 2 nitrogen and oxygen atoms in total. The molecule has 1 heterocycles. The van der Waals surface area contributed by atoms with Crippen molar-refractivity contribution >= 4 is 5.69 Å². The molecule has 1 unspecified atom stereocenters. The van der Waals surface area contributed by atoms with Crippen molar-refractivity contribution in [2.45, 2.75) is 45.6 Å². The van der Waals surface area contributed by atoms with E-state index in [1.165, 1.54) is 12.8 Å². The number of anilines is 1. The van der Waals surface area contributed by atoms with Crippen LogP contribution in [0.2, 0.25) is 0 Å². The van der Waals surface area contributed by atoms with Gasteiger partial charge in [-0.2, -0.15) is 0 Å². The first kappa shape index (κ1) is 14.3. The molecule has 1 fully saturated rings. The summed E-state index contributed by atoms with van der Waals surface area (Å²) in [4.78, 5) is 2.20. The summed E-state index contributed by atoms with van der Waals surface area (Å²) in [5.74, 6) is 0.653. The van der Waals surface area contributed by atoms with Crippen molar-refractivity contribution in [3.63, 3.8) is 0 Å². The van der Waals surface area contributed by atoms with Crippen molar-refractivity contribution in [3.8, 4) is 0 Å². The van der Waals surface area contributed by atoms with Crippen molar-refractivity contribution in [1.29, 1.82) is 0 Å². The quantitative estimate of drug-likeness (QED) is 0.898. The van der Waals surface area contributed by atoms with Gasteiger partial charge in [0, 0.05) is 19.1 Å². The van der Waals surface area contributed by atoms with E-state index in [4.69, 9.17) is 5.73 Å². The molecule has 1 aromatic carbocycles. The highest BCUT2D eigenvalue weighted by atomic mass is 19.1. The van der Waals surface area contributed by atoms with Crippen LogP contribution in [0.5, 0.6) is 0 Å². The van der Waals surface area contributed by atoms with Crippen molar-refractivity contribution in [2.75, 3.05) is 18.0 Å². The summed E-state index contributed by atoms with van der Waals surface area (Å²) >= 11 is 0. The van der Waals surface area contributed by atoms with Gasteiger partial charge in [-0.05, 0) is 43.7 Å². The Bertz CT molecular complexity index is 417. The van der Waals surface area contributed by atoms with E-state index in [1.54, 1.807) is 12.1 Å². The maximum atomic E-state index is 14.2. The van der Waals surface area contributed by atoms with Gasteiger partial charge in [-0.1, -0.05) is 25.5 Å². The Morgan fingerprint density at radius 1 is 1.37 bits per heavy atom. The predicted molar refractivity (Wildman–Crippen MR) is 78.8 cm³/mol. The Hall–Kier alpha value is -1.09. The first-order valence-corrected chi connectivity index (χ1v) is 7.42. The summed E-state index contributed by atoms with van der Waals surface area (Å²) in [6.07, 6.45) is 4.79. The third kappa shape index (κ3) is 3.27. The molecule has 106 valence electrons. The standard InChI is InChI=1S/C16H25FN2/c1-3-13-6-5-10-19(11-9-13)16-14(12(2)18)7-4-8-15(16)17/h4,7-8,12-13H,3,5-6,9-11,18H2,1-2H3/t12-,13?/m0/s1. The van der Waals surface area contributed by atoms with E-state index in [1.807, 2.05) is 13.0 Å². The van der Waals surface area contributed by atoms with Crippen LogP contribution in [-0.2, 0) is 0 Å². The van der Waals surface area contributed by atoms with Gasteiger partial charge in [0.25, 0.3) is 0 Å². The zero-order chi connectivity index (χ0) is 13.8. The van der Waals surface area contributed by atoms with E-state index in [2.05, 4.69) is 11.8 Å². The van der Waals surface area contributed by atoms with Crippen LogP contribution < -0.4 is 10.6 Å². The Kier molecular flexibility index (Phi) is 4.81. The summed E-state index contributed by atoms with van der Waals surface area (Å²) in [5, 5.41) is 0. The van der Waals surface area contributed by atoms with E-state index < -0.39 is 0 Å². The SMILES string of the molecule is CCC1CCCN(c2c(F)cccc2[C@H](C)N)CC1. The molecule has 2 N–H and O–H groups in total. The lowest BCUT2D eigenvalue weighted by molar-refractivity contribution is 0.459. The Morgan fingerprint density at radius 2 is 2.16 bits per heavy atom. The van der Waals surface area contributed by atoms with E-state index in [0.717, 1.165) is 43.1 Å². The maximum Gasteiger partial charge on any atom is 0.146 e. The number of halogens is 1. The summed E-state index contributed by atoms with van der Waals surface area (Å²) in [5.41, 5.74) is 7.65. The Balaban J connectivity index is 2.25. The largest absolute Gasteiger partial charge is 0.369 e. The van der Waals surface area contributed by atoms with Gasteiger partial charge in [0.2, 0.25) is 0 Å². The number of nitrogens with zero attached hydrogens (tertiary/aromatic N) is 1. The highest BCUT2D eigenvalue weighted by Gasteiger charge is 2.21. The minimum atomic E-state index is -0.134. The summed E-state index contributed by atoms with van der Waals surface area (Å²) < 4.78 is 14.2. The molecule has 2 rings (SSSR count). The summed E-state index contributed by atoms with van der Waals surface area (Å²) in [7, 11) is 0. The van der Waals surface area contributed by atoms with Crippen molar-refractivity contribution < 1.29 is 4.39 Å². The zero-order valence-corrected chi connectivity index (χ0v) is 12.0. The lowest BCUT2D eigenvalue weighted by atomic mass is 9.98. The van der Waals surface area contributed by atoms with Gasteiger partial charge < -0.3 is 10.6 Å². The third-order valence-corrected chi connectivity index (χ3v) is 4.25. The zero-order valence-electron chi connectivity index (χ0n) is 12.0. The average Bonchev–Trinajstić information content (AvgIpc) is 2.63. The predicted octanol–water partition coefficient (Wildman–Crippen LogP) is 3.86. The van der Waals surface area contributed by atoms with Crippen molar-refractivity contribution in [2.24, 2.45) is 11.7 Å². The number of benzene rings is 1. The molecule has 0 aromatic heterocycles. The monoisotopic (exact) mass is 264 g/mol. The highest BCUT2D eigenvalue weighted by molar-refractivity contribution is 5.56. The van der Waals surface area contributed by atoms with Crippen LogP contribution in [0.15, 0.2) is 18.2 Å². The van der Waals surface area contributed by atoms with Gasteiger partial charge in [-0.15, -0.1) is 0 Å². The van der Waals surface area contributed by atoms with E-state index in [-0.39, 0.29) is 11.9 Å². The van der Waals surface area contributed by atoms with Crippen LogP contribution in [-0.4, -0.2) is 13.1 Å². The van der Waals surface area contributed by atoms with Gasteiger partial charge >= 0.3 is 0 Å². The summed E-state index contributed by atoms with van der Waals surface area (Å²) in [6, 6.07) is 5.12. The molecule has 2 atom stereocenters. The van der Waals surface area contributed by atoms with Gasteiger partial charge in [-0.25, -0.2) is 4.39 Å². The van der Waals surface area contributed by atoms with Crippen molar-refractivity contribution in [3.05, 3.63) is 29.6 Å². The lowest BCUT2D eigenvalue weighted by Gasteiger charge is -2.27. The summed E-state index contributed by atoms with van der Waals surface area (Å²) in [6.45, 7) is 6.05. The first-order chi connectivity index (χ1) is 9.13.